The molecule has 0 spiro atoms. The lowest BCUT2D eigenvalue weighted by Crippen LogP contribution is -2.40. The molecular weight excluding hydrogens is 380 g/mol. The van der Waals surface area contributed by atoms with Crippen molar-refractivity contribution in [1.82, 2.24) is 4.90 Å². The molecule has 2 aromatic carbocycles. The summed E-state index contributed by atoms with van der Waals surface area (Å²) in [6, 6.07) is 15.1. The highest BCUT2D eigenvalue weighted by molar-refractivity contribution is 5.94. The van der Waals surface area contributed by atoms with Crippen LogP contribution in [-0.4, -0.2) is 35.6 Å². The highest BCUT2D eigenvalue weighted by Crippen LogP contribution is 2.40. The number of rotatable bonds is 4. The Morgan fingerprint density at radius 1 is 1.03 bits per heavy atom. The highest BCUT2D eigenvalue weighted by Gasteiger charge is 2.32. The molecule has 2 amide bonds. The summed E-state index contributed by atoms with van der Waals surface area (Å²) in [5.74, 6) is 0.446. The lowest BCUT2D eigenvalue weighted by Gasteiger charge is -2.30. The number of nitrogens with zero attached hydrogens (tertiary/aromatic N) is 1. The lowest BCUT2D eigenvalue weighted by molar-refractivity contribution is -0.130. The Bertz CT molecular complexity index is 960. The molecule has 0 bridgehead atoms. The van der Waals surface area contributed by atoms with Crippen molar-refractivity contribution in [2.75, 3.05) is 18.4 Å². The van der Waals surface area contributed by atoms with E-state index in [4.69, 9.17) is 9.47 Å². The number of nitrogens with one attached hydrogen (secondary N) is 1. The zero-order chi connectivity index (χ0) is 21.1. The highest BCUT2D eigenvalue weighted by atomic mass is 16.7. The van der Waals surface area contributed by atoms with Gasteiger partial charge in [0.05, 0.1) is 0 Å². The van der Waals surface area contributed by atoms with Gasteiger partial charge in [-0.25, -0.2) is 0 Å². The maximum Gasteiger partial charge on any atom is 0.246 e. The zero-order valence-corrected chi connectivity index (χ0v) is 17.3. The number of benzene rings is 2. The average Bonchev–Trinajstić information content (AvgIpc) is 3.06. The van der Waals surface area contributed by atoms with Gasteiger partial charge in [0, 0.05) is 50.7 Å². The molecule has 0 atom stereocenters. The molecule has 0 unspecified atom stereocenters. The number of amides is 2. The SMILES string of the molecule is CC1(C)Oc2ccc(NC(=O)C3CCN(C(=O)/C=C/c4ccccc4)CC3)cc2O1. The van der Waals surface area contributed by atoms with Crippen LogP contribution in [0.25, 0.3) is 6.08 Å². The van der Waals surface area contributed by atoms with E-state index in [1.165, 1.54) is 0 Å². The van der Waals surface area contributed by atoms with Crippen LogP contribution in [0, 0.1) is 5.92 Å². The average molecular weight is 406 g/mol. The third-order valence-corrected chi connectivity index (χ3v) is 5.32. The first-order valence-electron chi connectivity index (χ1n) is 10.2. The number of hydrogen-bond acceptors (Lipinski definition) is 4. The molecule has 2 aliphatic rings. The second-order valence-electron chi connectivity index (χ2n) is 8.10. The standard InChI is InChI=1S/C24H26N2O4/c1-24(2)29-20-10-9-19(16-21(20)30-24)25-23(28)18-12-14-26(15-13-18)22(27)11-8-17-6-4-3-5-7-17/h3-11,16,18H,12-15H2,1-2H3,(H,25,28)/b11-8+. The molecule has 6 nitrogen and oxygen atoms in total. The van der Waals surface area contributed by atoms with E-state index in [0.29, 0.717) is 43.1 Å². The number of carbonyl (C=O) groups excluding carboxylic acids is 2. The van der Waals surface area contributed by atoms with Crippen LogP contribution in [0.3, 0.4) is 0 Å². The summed E-state index contributed by atoms with van der Waals surface area (Å²) in [6.07, 6.45) is 4.72. The molecule has 6 heteroatoms. The molecule has 1 saturated heterocycles. The Morgan fingerprint density at radius 3 is 2.47 bits per heavy atom. The van der Waals surface area contributed by atoms with Crippen molar-refractivity contribution in [2.24, 2.45) is 5.92 Å². The van der Waals surface area contributed by atoms with E-state index in [9.17, 15) is 9.59 Å². The van der Waals surface area contributed by atoms with Crippen molar-refractivity contribution in [3.8, 4) is 11.5 Å². The van der Waals surface area contributed by atoms with Crippen molar-refractivity contribution in [3.05, 3.63) is 60.2 Å². The largest absolute Gasteiger partial charge is 0.449 e. The maximum absolute atomic E-state index is 12.7. The van der Waals surface area contributed by atoms with Gasteiger partial charge in [0.1, 0.15) is 0 Å². The summed E-state index contributed by atoms with van der Waals surface area (Å²) >= 11 is 0. The topological polar surface area (TPSA) is 67.9 Å². The van der Waals surface area contributed by atoms with E-state index in [-0.39, 0.29) is 17.7 Å². The van der Waals surface area contributed by atoms with Gasteiger partial charge in [-0.1, -0.05) is 30.3 Å². The number of anilines is 1. The van der Waals surface area contributed by atoms with Crippen LogP contribution in [0.4, 0.5) is 5.69 Å². The third-order valence-electron chi connectivity index (χ3n) is 5.32. The van der Waals surface area contributed by atoms with Crippen LogP contribution < -0.4 is 14.8 Å². The molecule has 30 heavy (non-hydrogen) atoms. The van der Waals surface area contributed by atoms with Crippen LogP contribution in [0.2, 0.25) is 0 Å². The van der Waals surface area contributed by atoms with Crippen LogP contribution in [0.5, 0.6) is 11.5 Å². The van der Waals surface area contributed by atoms with Crippen LogP contribution >= 0.6 is 0 Å². The van der Waals surface area contributed by atoms with Crippen molar-refractivity contribution >= 4 is 23.6 Å². The van der Waals surface area contributed by atoms with Crippen LogP contribution in [-0.2, 0) is 9.59 Å². The van der Waals surface area contributed by atoms with Gasteiger partial charge >= 0.3 is 0 Å². The number of hydrogen-bond donors (Lipinski definition) is 1. The minimum Gasteiger partial charge on any atom is -0.449 e. The minimum atomic E-state index is -0.695. The van der Waals surface area contributed by atoms with Crippen molar-refractivity contribution in [3.63, 3.8) is 0 Å². The fourth-order valence-electron chi connectivity index (χ4n) is 3.74. The molecule has 156 valence electrons. The van der Waals surface area contributed by atoms with E-state index in [2.05, 4.69) is 5.32 Å². The monoisotopic (exact) mass is 406 g/mol. The minimum absolute atomic E-state index is 0.0175. The molecule has 0 aliphatic carbocycles. The second kappa shape index (κ2) is 8.22. The summed E-state index contributed by atoms with van der Waals surface area (Å²) in [4.78, 5) is 26.9. The number of likely N-dealkylation sites (tertiary alicyclic amines) is 1. The number of fused-ring (bicyclic) bond motifs is 1. The van der Waals surface area contributed by atoms with Gasteiger partial charge in [-0.15, -0.1) is 0 Å². The van der Waals surface area contributed by atoms with Crippen LogP contribution in [0.1, 0.15) is 32.3 Å². The van der Waals surface area contributed by atoms with Gasteiger partial charge in [-0.2, -0.15) is 0 Å². The predicted octanol–water partition coefficient (Wildman–Crippen LogP) is 4.08. The summed E-state index contributed by atoms with van der Waals surface area (Å²) in [6.45, 7) is 4.83. The Labute approximate surface area is 176 Å². The Hall–Kier alpha value is -3.28. The van der Waals surface area contributed by atoms with Gasteiger partial charge < -0.3 is 19.7 Å². The molecule has 1 fully saturated rings. The second-order valence-corrected chi connectivity index (χ2v) is 8.10. The van der Waals surface area contributed by atoms with E-state index in [0.717, 1.165) is 5.56 Å². The van der Waals surface area contributed by atoms with Gasteiger partial charge in [0.15, 0.2) is 11.5 Å². The molecule has 4 rings (SSSR count). The fourth-order valence-corrected chi connectivity index (χ4v) is 3.74. The van der Waals surface area contributed by atoms with Gasteiger partial charge in [-0.05, 0) is 36.6 Å². The Kier molecular flexibility index (Phi) is 5.48. The summed E-state index contributed by atoms with van der Waals surface area (Å²) in [7, 11) is 0. The zero-order valence-electron chi connectivity index (χ0n) is 17.3. The maximum atomic E-state index is 12.7. The molecule has 1 N–H and O–H groups in total. The number of piperidine rings is 1. The first kappa shape index (κ1) is 20.0. The van der Waals surface area contributed by atoms with Crippen molar-refractivity contribution in [2.45, 2.75) is 32.5 Å². The van der Waals surface area contributed by atoms with E-state index in [1.807, 2.05) is 56.3 Å². The van der Waals surface area contributed by atoms with Crippen molar-refractivity contribution < 1.29 is 19.1 Å². The normalized spacial score (nSPS) is 17.9. The van der Waals surface area contributed by atoms with E-state index in [1.54, 1.807) is 23.1 Å². The smallest absolute Gasteiger partial charge is 0.246 e. The van der Waals surface area contributed by atoms with Crippen molar-refractivity contribution in [1.29, 1.82) is 0 Å². The third kappa shape index (κ3) is 4.64. The predicted molar refractivity (Wildman–Crippen MR) is 115 cm³/mol. The lowest BCUT2D eigenvalue weighted by atomic mass is 9.95. The van der Waals surface area contributed by atoms with E-state index >= 15 is 0 Å². The van der Waals surface area contributed by atoms with E-state index < -0.39 is 5.79 Å². The molecule has 2 heterocycles. The van der Waals surface area contributed by atoms with Crippen LogP contribution in [0.15, 0.2) is 54.6 Å². The summed E-state index contributed by atoms with van der Waals surface area (Å²) in [5, 5.41) is 2.97. The molecule has 0 saturated carbocycles. The van der Waals surface area contributed by atoms with Gasteiger partial charge in [0.2, 0.25) is 17.6 Å². The molecule has 2 aromatic rings. The molecule has 2 aliphatic heterocycles. The summed E-state index contributed by atoms with van der Waals surface area (Å²) < 4.78 is 11.4. The molecule has 0 radical (unpaired) electrons. The first-order valence-corrected chi connectivity index (χ1v) is 10.2. The van der Waals surface area contributed by atoms with Gasteiger partial charge in [0.25, 0.3) is 0 Å². The number of carbonyl (C=O) groups is 2. The first-order chi connectivity index (χ1) is 14.4. The molecular formula is C24H26N2O4. The Morgan fingerprint density at radius 2 is 1.73 bits per heavy atom. The molecule has 0 aromatic heterocycles. The Balaban J connectivity index is 1.29. The number of ether oxygens (including phenoxy) is 2. The fraction of sp³-hybridized carbons (Fsp3) is 0.333. The van der Waals surface area contributed by atoms with Gasteiger partial charge in [-0.3, -0.25) is 9.59 Å². The quantitative estimate of drug-likeness (QED) is 0.777. The summed E-state index contributed by atoms with van der Waals surface area (Å²) in [5.41, 5.74) is 1.68.